The van der Waals surface area contributed by atoms with Gasteiger partial charge in [0.2, 0.25) is 5.89 Å². The molecule has 0 saturated carbocycles. The smallest absolute Gasteiger partial charge is 0.336 e. The molecular weight excluding hydrogens is 376 g/mol. The SMILES string of the molecule is O=c1cc(CSc2nnc(-c3ccccc3)o2)c2cc(Cl)c(O)cc2o1. The molecule has 26 heavy (non-hydrogen) atoms. The van der Waals surface area contributed by atoms with Gasteiger partial charge in [0.15, 0.2) is 0 Å². The Balaban J connectivity index is 1.61. The van der Waals surface area contributed by atoms with Crippen LogP contribution in [-0.4, -0.2) is 15.3 Å². The van der Waals surface area contributed by atoms with E-state index in [0.29, 0.717) is 27.8 Å². The van der Waals surface area contributed by atoms with E-state index in [4.69, 9.17) is 20.4 Å². The van der Waals surface area contributed by atoms with Crippen LogP contribution in [0.15, 0.2) is 67.4 Å². The number of hydrogen-bond acceptors (Lipinski definition) is 7. The van der Waals surface area contributed by atoms with Gasteiger partial charge in [-0.2, -0.15) is 0 Å². The van der Waals surface area contributed by atoms with Crippen molar-refractivity contribution in [2.75, 3.05) is 0 Å². The Morgan fingerprint density at radius 3 is 2.69 bits per heavy atom. The minimum atomic E-state index is -0.509. The molecule has 2 aromatic carbocycles. The second kappa shape index (κ2) is 6.86. The van der Waals surface area contributed by atoms with Crippen LogP contribution in [0.4, 0.5) is 0 Å². The molecule has 0 atom stereocenters. The predicted molar refractivity (Wildman–Crippen MR) is 98.5 cm³/mol. The maximum atomic E-state index is 11.8. The molecule has 2 aromatic heterocycles. The van der Waals surface area contributed by atoms with Gasteiger partial charge in [-0.15, -0.1) is 10.2 Å². The van der Waals surface area contributed by atoms with Gasteiger partial charge < -0.3 is 13.9 Å². The first kappa shape index (κ1) is 16.7. The summed E-state index contributed by atoms with van der Waals surface area (Å²) in [7, 11) is 0. The van der Waals surface area contributed by atoms with Crippen LogP contribution < -0.4 is 5.63 Å². The third-order valence-electron chi connectivity index (χ3n) is 3.68. The number of nitrogens with zero attached hydrogens (tertiary/aromatic N) is 2. The highest BCUT2D eigenvalue weighted by atomic mass is 35.5. The zero-order valence-corrected chi connectivity index (χ0v) is 14.8. The van der Waals surface area contributed by atoms with Crippen LogP contribution in [0.2, 0.25) is 5.02 Å². The molecule has 0 fully saturated rings. The fourth-order valence-electron chi connectivity index (χ4n) is 2.46. The molecule has 0 aliphatic carbocycles. The number of aromatic hydroxyl groups is 1. The Bertz CT molecular complexity index is 1140. The predicted octanol–water partition coefficient (Wildman–Crippen LogP) is 4.49. The van der Waals surface area contributed by atoms with Crippen molar-refractivity contribution in [1.29, 1.82) is 0 Å². The van der Waals surface area contributed by atoms with Crippen LogP contribution in [0.3, 0.4) is 0 Å². The lowest BCUT2D eigenvalue weighted by Crippen LogP contribution is -2.00. The molecule has 4 aromatic rings. The largest absolute Gasteiger partial charge is 0.506 e. The van der Waals surface area contributed by atoms with E-state index in [2.05, 4.69) is 10.2 Å². The molecule has 0 saturated heterocycles. The molecular formula is C18H11ClN2O4S. The Hall–Kier alpha value is -2.77. The maximum absolute atomic E-state index is 11.8. The molecule has 8 heteroatoms. The van der Waals surface area contributed by atoms with Gasteiger partial charge in [0.1, 0.15) is 11.3 Å². The van der Waals surface area contributed by atoms with Crippen molar-refractivity contribution >= 4 is 34.3 Å². The second-order valence-electron chi connectivity index (χ2n) is 5.42. The van der Waals surface area contributed by atoms with Crippen molar-refractivity contribution in [2.24, 2.45) is 0 Å². The number of hydrogen-bond donors (Lipinski definition) is 1. The second-order valence-corrected chi connectivity index (χ2v) is 6.75. The summed E-state index contributed by atoms with van der Waals surface area (Å²) in [5.74, 6) is 0.689. The number of thioether (sulfide) groups is 1. The number of phenolic OH excluding ortho intramolecular Hbond substituents is 1. The summed E-state index contributed by atoms with van der Waals surface area (Å²) in [5.41, 5.74) is 1.29. The molecule has 0 amide bonds. The van der Waals surface area contributed by atoms with Crippen molar-refractivity contribution in [1.82, 2.24) is 10.2 Å². The standard InChI is InChI=1S/C18H11ClN2O4S/c19-13-7-12-11(6-16(23)24-15(12)8-14(13)22)9-26-18-21-20-17(25-18)10-4-2-1-3-5-10/h1-8,22H,9H2. The molecule has 0 aliphatic heterocycles. The monoisotopic (exact) mass is 386 g/mol. The summed E-state index contributed by atoms with van der Waals surface area (Å²) in [6, 6.07) is 13.7. The van der Waals surface area contributed by atoms with Gasteiger partial charge in [-0.3, -0.25) is 0 Å². The number of halogens is 1. The summed E-state index contributed by atoms with van der Waals surface area (Å²) in [6.07, 6.45) is 0. The number of phenols is 1. The van der Waals surface area contributed by atoms with Gasteiger partial charge in [0.25, 0.3) is 5.22 Å². The molecule has 1 N–H and O–H groups in total. The molecule has 4 rings (SSSR count). The zero-order chi connectivity index (χ0) is 18.1. The number of fused-ring (bicyclic) bond motifs is 1. The molecule has 0 radical (unpaired) electrons. The van der Waals surface area contributed by atoms with Crippen LogP contribution >= 0.6 is 23.4 Å². The average Bonchev–Trinajstić information content (AvgIpc) is 3.11. The van der Waals surface area contributed by atoms with E-state index in [0.717, 1.165) is 5.56 Å². The van der Waals surface area contributed by atoms with Gasteiger partial charge >= 0.3 is 5.63 Å². The molecule has 0 bridgehead atoms. The van der Waals surface area contributed by atoms with Gasteiger partial charge in [-0.05, 0) is 23.8 Å². The summed E-state index contributed by atoms with van der Waals surface area (Å²) in [4.78, 5) is 11.8. The van der Waals surface area contributed by atoms with Gasteiger partial charge in [-0.25, -0.2) is 4.79 Å². The highest BCUT2D eigenvalue weighted by Crippen LogP contribution is 2.32. The molecule has 6 nitrogen and oxygen atoms in total. The van der Waals surface area contributed by atoms with E-state index in [1.165, 1.54) is 23.9 Å². The van der Waals surface area contributed by atoms with Crippen molar-refractivity contribution < 1.29 is 13.9 Å². The highest BCUT2D eigenvalue weighted by molar-refractivity contribution is 7.98. The minimum absolute atomic E-state index is 0.142. The van der Waals surface area contributed by atoms with E-state index >= 15 is 0 Å². The topological polar surface area (TPSA) is 89.4 Å². The van der Waals surface area contributed by atoms with Gasteiger partial charge in [0.05, 0.1) is 5.02 Å². The lowest BCUT2D eigenvalue weighted by molar-refractivity contribution is 0.465. The fraction of sp³-hybridized carbons (Fsp3) is 0.0556. The quantitative estimate of drug-likeness (QED) is 0.408. The number of rotatable bonds is 4. The van der Waals surface area contributed by atoms with Crippen LogP contribution in [0.25, 0.3) is 22.4 Å². The summed E-state index contributed by atoms with van der Waals surface area (Å²) >= 11 is 7.27. The summed E-state index contributed by atoms with van der Waals surface area (Å²) in [5, 5.41) is 18.9. The van der Waals surface area contributed by atoms with Crippen LogP contribution in [-0.2, 0) is 5.75 Å². The first-order valence-corrected chi connectivity index (χ1v) is 8.93. The van der Waals surface area contributed by atoms with Crippen LogP contribution in [0.1, 0.15) is 5.56 Å². The van der Waals surface area contributed by atoms with Gasteiger partial charge in [0, 0.05) is 28.8 Å². The zero-order valence-electron chi connectivity index (χ0n) is 13.2. The van der Waals surface area contributed by atoms with Crippen molar-refractivity contribution in [3.05, 3.63) is 69.5 Å². The minimum Gasteiger partial charge on any atom is -0.506 e. The number of aromatic nitrogens is 2. The lowest BCUT2D eigenvalue weighted by atomic mass is 10.1. The van der Waals surface area contributed by atoms with Gasteiger partial charge in [-0.1, -0.05) is 41.6 Å². The lowest BCUT2D eigenvalue weighted by Gasteiger charge is -2.05. The van der Waals surface area contributed by atoms with E-state index < -0.39 is 5.63 Å². The Labute approximate surface area is 156 Å². The van der Waals surface area contributed by atoms with E-state index in [9.17, 15) is 9.90 Å². The maximum Gasteiger partial charge on any atom is 0.336 e. The van der Waals surface area contributed by atoms with Crippen LogP contribution in [0, 0.1) is 0 Å². The Morgan fingerprint density at radius 2 is 1.88 bits per heavy atom. The molecule has 130 valence electrons. The summed E-state index contributed by atoms with van der Waals surface area (Å²) in [6.45, 7) is 0. The van der Waals surface area contributed by atoms with Crippen LogP contribution in [0.5, 0.6) is 5.75 Å². The molecule has 2 heterocycles. The highest BCUT2D eigenvalue weighted by Gasteiger charge is 2.13. The Morgan fingerprint density at radius 1 is 1.08 bits per heavy atom. The van der Waals surface area contributed by atoms with Crippen molar-refractivity contribution in [2.45, 2.75) is 11.0 Å². The van der Waals surface area contributed by atoms with Crippen molar-refractivity contribution in [3.8, 4) is 17.2 Å². The number of benzene rings is 2. The van der Waals surface area contributed by atoms with E-state index in [1.54, 1.807) is 6.07 Å². The average molecular weight is 387 g/mol. The normalized spacial score (nSPS) is 11.1. The first-order valence-electron chi connectivity index (χ1n) is 7.57. The summed E-state index contributed by atoms with van der Waals surface area (Å²) < 4.78 is 10.8. The Kier molecular flexibility index (Phi) is 4.40. The molecule has 0 aliphatic rings. The fourth-order valence-corrected chi connectivity index (χ4v) is 3.38. The third kappa shape index (κ3) is 3.31. The van der Waals surface area contributed by atoms with Crippen molar-refractivity contribution in [3.63, 3.8) is 0 Å². The third-order valence-corrected chi connectivity index (χ3v) is 4.85. The molecule has 0 spiro atoms. The van der Waals surface area contributed by atoms with E-state index in [-0.39, 0.29) is 16.4 Å². The first-order chi connectivity index (χ1) is 12.6. The van der Waals surface area contributed by atoms with E-state index in [1.807, 2.05) is 30.3 Å². The molecule has 0 unspecified atom stereocenters.